The second kappa shape index (κ2) is 12.3. The Bertz CT molecular complexity index is 3020. The van der Waals surface area contributed by atoms with E-state index in [4.69, 9.17) is 4.99 Å². The highest BCUT2D eigenvalue weighted by Crippen LogP contribution is 2.48. The van der Waals surface area contributed by atoms with Gasteiger partial charge in [-0.15, -0.1) is 0 Å². The zero-order chi connectivity index (χ0) is 34.6. The van der Waals surface area contributed by atoms with Crippen LogP contribution in [-0.4, -0.2) is 14.8 Å². The Balaban J connectivity index is 1.37. The Morgan fingerprint density at radius 3 is 1.60 bits per heavy atom. The summed E-state index contributed by atoms with van der Waals surface area (Å²) in [5.41, 5.74) is 9.11. The van der Waals surface area contributed by atoms with Gasteiger partial charge in [0.05, 0.1) is 34.5 Å². The van der Waals surface area contributed by atoms with Crippen molar-refractivity contribution in [3.05, 3.63) is 193 Å². The third-order valence-electron chi connectivity index (χ3n) is 10.5. The first kappa shape index (κ1) is 30.1. The fourth-order valence-corrected chi connectivity index (χ4v) is 8.37. The molecule has 0 saturated heterocycles. The van der Waals surface area contributed by atoms with E-state index in [1.807, 2.05) is 0 Å². The predicted octanol–water partition coefficient (Wildman–Crippen LogP) is 12.7. The van der Waals surface area contributed by atoms with Crippen molar-refractivity contribution in [2.75, 3.05) is 0 Å². The molecule has 10 rings (SSSR count). The molecule has 52 heavy (non-hydrogen) atoms. The molecule has 0 N–H and O–H groups in total. The van der Waals surface area contributed by atoms with E-state index in [0.29, 0.717) is 6.54 Å². The molecule has 10 aromatic rings. The van der Waals surface area contributed by atoms with Gasteiger partial charge in [0.1, 0.15) is 0 Å². The van der Waals surface area contributed by atoms with Gasteiger partial charge in [0.2, 0.25) is 0 Å². The molecule has 8 aromatic carbocycles. The van der Waals surface area contributed by atoms with E-state index in [1.54, 1.807) is 0 Å². The molecule has 0 bridgehead atoms. The first-order valence-electron chi connectivity index (χ1n) is 18.0. The van der Waals surface area contributed by atoms with E-state index in [1.165, 1.54) is 70.6 Å². The number of aromatic nitrogens is 2. The van der Waals surface area contributed by atoms with E-state index in [9.17, 15) is 0 Å². The largest absolute Gasteiger partial charge is 0.314 e. The van der Waals surface area contributed by atoms with Crippen LogP contribution in [0.5, 0.6) is 0 Å². The van der Waals surface area contributed by atoms with Crippen molar-refractivity contribution < 1.29 is 0 Å². The van der Waals surface area contributed by atoms with Gasteiger partial charge in [-0.25, -0.2) is 0 Å². The topological polar surface area (TPSA) is 22.2 Å². The second-order valence-corrected chi connectivity index (χ2v) is 13.4. The van der Waals surface area contributed by atoms with Crippen LogP contribution in [0.3, 0.4) is 0 Å². The van der Waals surface area contributed by atoms with Gasteiger partial charge in [-0.3, -0.25) is 4.99 Å². The Morgan fingerprint density at radius 2 is 0.962 bits per heavy atom. The Hall–Kier alpha value is -6.71. The lowest BCUT2D eigenvalue weighted by atomic mass is 9.95. The standard InChI is InChI=1S/C49H35N3/c1-2-43(46(34-20-8-4-9-21-34)50-32-33-18-6-3-7-19-33)51-31-30-42-45-44-38-26-14-12-24-36(38)37-25-13-15-27-39(37)48(44)52(35-22-10-5-11-23-35)49(45)41-29-17-16-28-40(41)47(42)51/h2-31H,32H2,1H3/b43-2+,50-46?. The maximum Gasteiger partial charge on any atom is 0.0887 e. The lowest BCUT2D eigenvalue weighted by molar-refractivity contribution is 1.06. The van der Waals surface area contributed by atoms with Crippen LogP contribution in [0.4, 0.5) is 0 Å². The zero-order valence-electron chi connectivity index (χ0n) is 28.9. The van der Waals surface area contributed by atoms with Crippen LogP contribution in [0.15, 0.2) is 187 Å². The summed E-state index contributed by atoms with van der Waals surface area (Å²) < 4.78 is 4.90. The summed E-state index contributed by atoms with van der Waals surface area (Å²) in [6, 6.07) is 61.1. The third-order valence-corrected chi connectivity index (χ3v) is 10.5. The summed E-state index contributed by atoms with van der Waals surface area (Å²) in [5.74, 6) is 0. The van der Waals surface area contributed by atoms with Gasteiger partial charge in [-0.2, -0.15) is 0 Å². The van der Waals surface area contributed by atoms with E-state index in [2.05, 4.69) is 198 Å². The maximum atomic E-state index is 5.33. The Morgan fingerprint density at radius 1 is 0.481 bits per heavy atom. The number of aliphatic imine (C=N–C) groups is 1. The zero-order valence-corrected chi connectivity index (χ0v) is 28.9. The minimum Gasteiger partial charge on any atom is -0.314 e. The lowest BCUT2D eigenvalue weighted by Crippen LogP contribution is -2.11. The average Bonchev–Trinajstić information content (AvgIpc) is 3.82. The van der Waals surface area contributed by atoms with E-state index < -0.39 is 0 Å². The van der Waals surface area contributed by atoms with Crippen molar-refractivity contribution in [1.29, 1.82) is 0 Å². The highest BCUT2D eigenvalue weighted by atomic mass is 15.0. The van der Waals surface area contributed by atoms with Gasteiger partial charge in [0, 0.05) is 49.8 Å². The number of nitrogens with zero attached hydrogens (tertiary/aromatic N) is 3. The van der Waals surface area contributed by atoms with Crippen molar-refractivity contribution in [2.45, 2.75) is 13.5 Å². The quantitative estimate of drug-likeness (QED) is 0.125. The third kappa shape index (κ3) is 4.56. The Kier molecular flexibility index (Phi) is 7.10. The molecule has 2 heterocycles. The summed E-state index contributed by atoms with van der Waals surface area (Å²) in [6.45, 7) is 2.72. The number of hydrogen-bond donors (Lipinski definition) is 0. The first-order chi connectivity index (χ1) is 25.8. The number of hydrogen-bond acceptors (Lipinski definition) is 1. The normalized spacial score (nSPS) is 12.6. The maximum absolute atomic E-state index is 5.33. The van der Waals surface area contributed by atoms with Crippen LogP contribution in [0.1, 0.15) is 18.1 Å². The van der Waals surface area contributed by atoms with Crippen LogP contribution in [-0.2, 0) is 6.54 Å². The van der Waals surface area contributed by atoms with E-state index in [-0.39, 0.29) is 0 Å². The highest BCUT2D eigenvalue weighted by Gasteiger charge is 2.25. The molecule has 246 valence electrons. The molecule has 0 spiro atoms. The van der Waals surface area contributed by atoms with Crippen molar-refractivity contribution in [1.82, 2.24) is 9.13 Å². The minimum atomic E-state index is 0.593. The van der Waals surface area contributed by atoms with Crippen molar-refractivity contribution in [3.8, 4) is 5.69 Å². The molecule has 0 aliphatic rings. The predicted molar refractivity (Wildman–Crippen MR) is 222 cm³/mol. The monoisotopic (exact) mass is 665 g/mol. The number of allylic oxidation sites excluding steroid dienone is 2. The van der Waals surface area contributed by atoms with Crippen molar-refractivity contribution >= 4 is 76.4 Å². The molecule has 2 aromatic heterocycles. The molecular weight excluding hydrogens is 631 g/mol. The summed E-state index contributed by atoms with van der Waals surface area (Å²) >= 11 is 0. The summed E-state index contributed by atoms with van der Waals surface area (Å²) in [7, 11) is 0. The fraction of sp³-hybridized carbons (Fsp3) is 0.0408. The second-order valence-electron chi connectivity index (χ2n) is 13.4. The van der Waals surface area contributed by atoms with Crippen molar-refractivity contribution in [2.24, 2.45) is 4.99 Å². The fourth-order valence-electron chi connectivity index (χ4n) is 8.37. The van der Waals surface area contributed by atoms with E-state index in [0.717, 1.165) is 22.7 Å². The molecule has 0 aliphatic carbocycles. The number of rotatable bonds is 6. The van der Waals surface area contributed by atoms with Gasteiger partial charge in [0.25, 0.3) is 0 Å². The molecule has 0 aliphatic heterocycles. The van der Waals surface area contributed by atoms with Gasteiger partial charge in [-0.1, -0.05) is 158 Å². The van der Waals surface area contributed by atoms with Crippen molar-refractivity contribution in [3.63, 3.8) is 0 Å². The molecule has 0 saturated carbocycles. The van der Waals surface area contributed by atoms with Crippen LogP contribution in [0.2, 0.25) is 0 Å². The number of benzene rings is 8. The average molecular weight is 666 g/mol. The molecule has 0 atom stereocenters. The van der Waals surface area contributed by atoms with Gasteiger partial charge in [-0.05, 0) is 46.8 Å². The molecular formula is C49H35N3. The molecule has 3 heteroatoms. The van der Waals surface area contributed by atoms with Crippen LogP contribution in [0.25, 0.3) is 76.4 Å². The smallest absolute Gasteiger partial charge is 0.0887 e. The SMILES string of the molecule is C/C=C(\C(=NCc1ccccc1)c1ccccc1)n1ccc2c3c4c5ccccc5c5ccccc5c4n(-c4ccccc4)c3c3ccccc3c21. The molecule has 0 radical (unpaired) electrons. The summed E-state index contributed by atoms with van der Waals surface area (Å²) in [5, 5.41) is 11.3. The molecule has 0 fully saturated rings. The van der Waals surface area contributed by atoms with Gasteiger partial charge >= 0.3 is 0 Å². The minimum absolute atomic E-state index is 0.593. The molecule has 0 unspecified atom stereocenters. The lowest BCUT2D eigenvalue weighted by Gasteiger charge is -2.17. The summed E-state index contributed by atoms with van der Waals surface area (Å²) in [6.07, 6.45) is 4.47. The van der Waals surface area contributed by atoms with E-state index >= 15 is 0 Å². The highest BCUT2D eigenvalue weighted by molar-refractivity contribution is 6.40. The Labute approximate surface area is 302 Å². The molecule has 3 nitrogen and oxygen atoms in total. The van der Waals surface area contributed by atoms with Gasteiger partial charge < -0.3 is 9.13 Å². The van der Waals surface area contributed by atoms with Crippen LogP contribution < -0.4 is 0 Å². The number of para-hydroxylation sites is 1. The molecule has 0 amide bonds. The van der Waals surface area contributed by atoms with Crippen LogP contribution in [0, 0.1) is 0 Å². The van der Waals surface area contributed by atoms with Crippen LogP contribution >= 0.6 is 0 Å². The number of fused-ring (bicyclic) bond motifs is 13. The van der Waals surface area contributed by atoms with Gasteiger partial charge in [0.15, 0.2) is 0 Å². The summed E-state index contributed by atoms with van der Waals surface area (Å²) in [4.78, 5) is 5.33. The first-order valence-corrected chi connectivity index (χ1v) is 18.0.